The van der Waals surface area contributed by atoms with Crippen molar-refractivity contribution < 1.29 is 14.0 Å². The van der Waals surface area contributed by atoms with Gasteiger partial charge in [-0.3, -0.25) is 14.5 Å². The van der Waals surface area contributed by atoms with Crippen molar-refractivity contribution >= 4 is 11.8 Å². The number of amides is 2. The molecule has 1 aromatic rings. The smallest absolute Gasteiger partial charge is 0.234 e. The summed E-state index contributed by atoms with van der Waals surface area (Å²) in [4.78, 5) is 27.6. The first-order valence-corrected chi connectivity index (χ1v) is 7.48. The van der Waals surface area contributed by atoms with Crippen molar-refractivity contribution in [1.82, 2.24) is 15.1 Å². The minimum absolute atomic E-state index is 0.0510. The highest BCUT2D eigenvalue weighted by Gasteiger charge is 2.22. The van der Waals surface area contributed by atoms with Gasteiger partial charge in [-0.25, -0.2) is 0 Å². The molecule has 2 amide bonds. The van der Waals surface area contributed by atoms with Gasteiger partial charge in [0.2, 0.25) is 11.8 Å². The Bertz CT molecular complexity index is 451. The zero-order chi connectivity index (χ0) is 15.1. The molecule has 1 saturated heterocycles. The summed E-state index contributed by atoms with van der Waals surface area (Å²) in [5.74, 6) is 1.05. The second-order valence-electron chi connectivity index (χ2n) is 5.19. The molecule has 21 heavy (non-hydrogen) atoms. The molecular weight excluding hydrogens is 270 g/mol. The van der Waals surface area contributed by atoms with Crippen LogP contribution in [0.15, 0.2) is 22.8 Å². The SMILES string of the molecule is CCNC(=O)CN1CCN(C(=O)CCc2ccco2)CC1. The lowest BCUT2D eigenvalue weighted by atomic mass is 10.2. The van der Waals surface area contributed by atoms with Crippen LogP contribution in [0.5, 0.6) is 0 Å². The molecule has 0 saturated carbocycles. The fourth-order valence-corrected chi connectivity index (χ4v) is 2.45. The normalized spacial score (nSPS) is 16.0. The molecular formula is C15H23N3O3. The van der Waals surface area contributed by atoms with Gasteiger partial charge in [-0.2, -0.15) is 0 Å². The molecule has 0 unspecified atom stereocenters. The van der Waals surface area contributed by atoms with Crippen molar-refractivity contribution in [2.75, 3.05) is 39.3 Å². The fourth-order valence-electron chi connectivity index (χ4n) is 2.45. The summed E-state index contributed by atoms with van der Waals surface area (Å²) < 4.78 is 5.23. The van der Waals surface area contributed by atoms with E-state index in [4.69, 9.17) is 4.42 Å². The predicted octanol–water partition coefficient (Wildman–Crippen LogP) is 0.493. The van der Waals surface area contributed by atoms with E-state index in [-0.39, 0.29) is 11.8 Å². The molecule has 116 valence electrons. The van der Waals surface area contributed by atoms with Crippen molar-refractivity contribution in [3.05, 3.63) is 24.2 Å². The van der Waals surface area contributed by atoms with E-state index in [0.29, 0.717) is 39.0 Å². The van der Waals surface area contributed by atoms with Gasteiger partial charge in [-0.05, 0) is 19.1 Å². The first-order chi connectivity index (χ1) is 10.2. The maximum atomic E-state index is 12.1. The molecule has 1 aliphatic rings. The number of carbonyl (C=O) groups excluding carboxylic acids is 2. The summed E-state index contributed by atoms with van der Waals surface area (Å²) in [5.41, 5.74) is 0. The average molecular weight is 293 g/mol. The lowest BCUT2D eigenvalue weighted by Gasteiger charge is -2.34. The van der Waals surface area contributed by atoms with Crippen molar-refractivity contribution in [1.29, 1.82) is 0 Å². The third-order valence-electron chi connectivity index (χ3n) is 3.63. The second-order valence-corrected chi connectivity index (χ2v) is 5.19. The van der Waals surface area contributed by atoms with E-state index in [2.05, 4.69) is 10.2 Å². The van der Waals surface area contributed by atoms with Crippen LogP contribution in [-0.2, 0) is 16.0 Å². The van der Waals surface area contributed by atoms with Crippen molar-refractivity contribution in [2.24, 2.45) is 0 Å². The van der Waals surface area contributed by atoms with Gasteiger partial charge in [0, 0.05) is 45.6 Å². The van der Waals surface area contributed by atoms with E-state index in [1.165, 1.54) is 0 Å². The fraction of sp³-hybridized carbons (Fsp3) is 0.600. The van der Waals surface area contributed by atoms with Gasteiger partial charge in [0.25, 0.3) is 0 Å². The minimum Gasteiger partial charge on any atom is -0.469 e. The van der Waals surface area contributed by atoms with Gasteiger partial charge < -0.3 is 14.6 Å². The quantitative estimate of drug-likeness (QED) is 0.829. The average Bonchev–Trinajstić information content (AvgIpc) is 2.99. The van der Waals surface area contributed by atoms with E-state index >= 15 is 0 Å². The highest BCUT2D eigenvalue weighted by Crippen LogP contribution is 2.08. The van der Waals surface area contributed by atoms with Crippen molar-refractivity contribution in [3.63, 3.8) is 0 Å². The van der Waals surface area contributed by atoms with Crippen molar-refractivity contribution in [3.8, 4) is 0 Å². The Balaban J connectivity index is 1.68. The molecule has 0 bridgehead atoms. The highest BCUT2D eigenvalue weighted by atomic mass is 16.3. The molecule has 1 aliphatic heterocycles. The number of nitrogens with zero attached hydrogens (tertiary/aromatic N) is 2. The van der Waals surface area contributed by atoms with E-state index in [1.54, 1.807) is 6.26 Å². The van der Waals surface area contributed by atoms with Crippen molar-refractivity contribution in [2.45, 2.75) is 19.8 Å². The molecule has 0 spiro atoms. The van der Waals surface area contributed by atoms with Gasteiger partial charge in [0.1, 0.15) is 5.76 Å². The van der Waals surface area contributed by atoms with Crippen LogP contribution in [0.25, 0.3) is 0 Å². The van der Waals surface area contributed by atoms with Gasteiger partial charge in [0.15, 0.2) is 0 Å². The van der Waals surface area contributed by atoms with Crippen LogP contribution >= 0.6 is 0 Å². The monoisotopic (exact) mass is 293 g/mol. The summed E-state index contributed by atoms with van der Waals surface area (Å²) in [7, 11) is 0. The van der Waals surface area contributed by atoms with Gasteiger partial charge in [-0.15, -0.1) is 0 Å². The van der Waals surface area contributed by atoms with Crippen LogP contribution in [0.3, 0.4) is 0 Å². The van der Waals surface area contributed by atoms with E-state index in [0.717, 1.165) is 18.8 Å². The Hall–Kier alpha value is -1.82. The molecule has 2 rings (SSSR count). The number of aryl methyl sites for hydroxylation is 1. The Kier molecular flexibility index (Phi) is 5.80. The maximum Gasteiger partial charge on any atom is 0.234 e. The molecule has 0 aliphatic carbocycles. The van der Waals surface area contributed by atoms with E-state index in [1.807, 2.05) is 24.0 Å². The molecule has 2 heterocycles. The minimum atomic E-state index is 0.0510. The maximum absolute atomic E-state index is 12.1. The first-order valence-electron chi connectivity index (χ1n) is 7.48. The topological polar surface area (TPSA) is 65.8 Å². The van der Waals surface area contributed by atoms with E-state index < -0.39 is 0 Å². The number of rotatable bonds is 6. The van der Waals surface area contributed by atoms with Crippen LogP contribution in [0.4, 0.5) is 0 Å². The molecule has 0 atom stereocenters. The van der Waals surface area contributed by atoms with Crippen LogP contribution < -0.4 is 5.32 Å². The summed E-state index contributed by atoms with van der Waals surface area (Å²) in [6.07, 6.45) is 2.74. The number of carbonyl (C=O) groups is 2. The molecule has 6 nitrogen and oxygen atoms in total. The Morgan fingerprint density at radius 2 is 2.05 bits per heavy atom. The molecule has 0 radical (unpaired) electrons. The number of nitrogens with one attached hydrogen (secondary N) is 1. The molecule has 6 heteroatoms. The molecule has 1 aromatic heterocycles. The lowest BCUT2D eigenvalue weighted by molar-refractivity contribution is -0.133. The first kappa shape index (κ1) is 15.6. The summed E-state index contributed by atoms with van der Waals surface area (Å²) in [6.45, 7) is 5.87. The van der Waals surface area contributed by atoms with Crippen LogP contribution in [-0.4, -0.2) is 60.9 Å². The van der Waals surface area contributed by atoms with Gasteiger partial charge >= 0.3 is 0 Å². The third-order valence-corrected chi connectivity index (χ3v) is 3.63. The number of likely N-dealkylation sites (N-methyl/N-ethyl adjacent to an activating group) is 1. The molecule has 1 N–H and O–H groups in total. The van der Waals surface area contributed by atoms with E-state index in [9.17, 15) is 9.59 Å². The Morgan fingerprint density at radius 3 is 2.67 bits per heavy atom. The van der Waals surface area contributed by atoms with Gasteiger partial charge in [0.05, 0.1) is 12.8 Å². The molecule has 0 aromatic carbocycles. The Morgan fingerprint density at radius 1 is 1.29 bits per heavy atom. The third kappa shape index (κ3) is 4.90. The summed E-state index contributed by atoms with van der Waals surface area (Å²) >= 11 is 0. The van der Waals surface area contributed by atoms with Gasteiger partial charge in [-0.1, -0.05) is 0 Å². The largest absolute Gasteiger partial charge is 0.469 e. The van der Waals surface area contributed by atoms with Crippen LogP contribution in [0.1, 0.15) is 19.1 Å². The highest BCUT2D eigenvalue weighted by molar-refractivity contribution is 5.78. The Labute approximate surface area is 125 Å². The predicted molar refractivity (Wildman–Crippen MR) is 78.7 cm³/mol. The number of furan rings is 1. The zero-order valence-corrected chi connectivity index (χ0v) is 12.5. The number of piperazine rings is 1. The summed E-state index contributed by atoms with van der Waals surface area (Å²) in [5, 5.41) is 2.79. The molecule has 1 fully saturated rings. The zero-order valence-electron chi connectivity index (χ0n) is 12.5. The lowest BCUT2D eigenvalue weighted by Crippen LogP contribution is -2.51. The number of hydrogen-bond acceptors (Lipinski definition) is 4. The number of hydrogen-bond donors (Lipinski definition) is 1. The van der Waals surface area contributed by atoms with Crippen LogP contribution in [0, 0.1) is 0 Å². The standard InChI is InChI=1S/C15H23N3O3/c1-2-16-14(19)12-17-7-9-18(10-8-17)15(20)6-5-13-4-3-11-21-13/h3-4,11H,2,5-10,12H2,1H3,(H,16,19). The van der Waals surface area contributed by atoms with Crippen LogP contribution in [0.2, 0.25) is 0 Å². The second kappa shape index (κ2) is 7.83. The summed E-state index contributed by atoms with van der Waals surface area (Å²) in [6, 6.07) is 3.72.